The average molecular weight is 196 g/mol. The molecule has 0 spiro atoms. The Hall–Kier alpha value is -0.860. The fourth-order valence-corrected chi connectivity index (χ4v) is 1.86. The van der Waals surface area contributed by atoms with E-state index in [0.717, 1.165) is 11.3 Å². The van der Waals surface area contributed by atoms with Gasteiger partial charge in [-0.2, -0.15) is 9.49 Å². The molecule has 2 nitrogen and oxygen atoms in total. The van der Waals surface area contributed by atoms with Gasteiger partial charge in [0.2, 0.25) is 5.95 Å². The molecule has 0 amide bonds. The van der Waals surface area contributed by atoms with Gasteiger partial charge < -0.3 is 0 Å². The quantitative estimate of drug-likeness (QED) is 0.675. The Morgan fingerprint density at radius 2 is 1.93 bits per heavy atom. The second kappa shape index (κ2) is 2.81. The van der Waals surface area contributed by atoms with Crippen molar-refractivity contribution in [3.05, 3.63) is 17.2 Å². The molecule has 2 rings (SSSR count). The molecule has 1 aromatic heterocycles. The third-order valence-corrected chi connectivity index (χ3v) is 2.72. The number of hydrogen-bond acceptors (Lipinski definition) is 1. The van der Waals surface area contributed by atoms with E-state index in [9.17, 15) is 4.39 Å². The summed E-state index contributed by atoms with van der Waals surface area (Å²) in [7, 11) is 1.68. The molecule has 0 unspecified atom stereocenters. The molecular weight excluding hydrogens is 179 g/mol. The molecule has 1 heterocycles. The molecule has 0 atom stereocenters. The van der Waals surface area contributed by atoms with Gasteiger partial charge in [0, 0.05) is 18.5 Å². The summed E-state index contributed by atoms with van der Waals surface area (Å²) in [6.45, 7) is 6.12. The molecule has 1 saturated carbocycles. The predicted octanol–water partition coefficient (Wildman–Crippen LogP) is 2.73. The maximum Gasteiger partial charge on any atom is 0.215 e. The van der Waals surface area contributed by atoms with Crippen LogP contribution in [-0.2, 0) is 12.5 Å². The minimum absolute atomic E-state index is 0.143. The summed E-state index contributed by atoms with van der Waals surface area (Å²) < 4.78 is 15.2. The molecule has 0 N–H and O–H groups in total. The lowest BCUT2D eigenvalue weighted by molar-refractivity contribution is 0.464. The Labute approximate surface area is 84.1 Å². The first kappa shape index (κ1) is 9.69. The second-order valence-electron chi connectivity index (χ2n) is 5.20. The van der Waals surface area contributed by atoms with E-state index in [4.69, 9.17) is 0 Å². The van der Waals surface area contributed by atoms with Gasteiger partial charge in [-0.3, -0.25) is 0 Å². The summed E-state index contributed by atoms with van der Waals surface area (Å²) in [5, 5.41) is 4.28. The van der Waals surface area contributed by atoms with Crippen LogP contribution >= 0.6 is 0 Å². The van der Waals surface area contributed by atoms with E-state index in [-0.39, 0.29) is 11.4 Å². The van der Waals surface area contributed by atoms with Gasteiger partial charge in [-0.05, 0) is 18.3 Å². The minimum atomic E-state index is -0.167. The monoisotopic (exact) mass is 196 g/mol. The van der Waals surface area contributed by atoms with Crippen molar-refractivity contribution in [2.24, 2.45) is 7.05 Å². The number of aromatic nitrogens is 2. The molecule has 1 aliphatic carbocycles. The lowest BCUT2D eigenvalue weighted by atomic mass is 9.86. The van der Waals surface area contributed by atoms with Gasteiger partial charge in [0.15, 0.2) is 0 Å². The van der Waals surface area contributed by atoms with Crippen molar-refractivity contribution in [2.45, 2.75) is 44.9 Å². The molecule has 3 heteroatoms. The molecule has 1 fully saturated rings. The van der Waals surface area contributed by atoms with Crippen molar-refractivity contribution >= 4 is 0 Å². The third-order valence-electron chi connectivity index (χ3n) is 2.72. The number of aryl methyl sites for hydroxylation is 1. The smallest absolute Gasteiger partial charge is 0.215 e. The summed E-state index contributed by atoms with van der Waals surface area (Å²) in [6.07, 6.45) is 2.33. The SMILES string of the molecule is Cn1nc(C2CC2)c(C(C)(C)C)c1F. The van der Waals surface area contributed by atoms with Gasteiger partial charge in [0.05, 0.1) is 5.69 Å². The standard InChI is InChI=1S/C11H17FN2/c1-11(2,3)8-9(7-5-6-7)13-14(4)10(8)12/h7H,5-6H2,1-4H3. The normalized spacial score (nSPS) is 17.5. The van der Waals surface area contributed by atoms with Gasteiger partial charge in [-0.15, -0.1) is 0 Å². The van der Waals surface area contributed by atoms with Crippen LogP contribution in [0.2, 0.25) is 0 Å². The van der Waals surface area contributed by atoms with Crippen LogP contribution in [0.4, 0.5) is 4.39 Å². The highest BCUT2D eigenvalue weighted by molar-refractivity contribution is 5.31. The Morgan fingerprint density at radius 1 is 1.36 bits per heavy atom. The summed E-state index contributed by atoms with van der Waals surface area (Å²) in [6, 6.07) is 0. The molecule has 0 aliphatic heterocycles. The van der Waals surface area contributed by atoms with Crippen LogP contribution in [0.5, 0.6) is 0 Å². The van der Waals surface area contributed by atoms with Crippen molar-refractivity contribution in [1.29, 1.82) is 0 Å². The summed E-state index contributed by atoms with van der Waals surface area (Å²) in [5.41, 5.74) is 1.65. The number of halogens is 1. The zero-order chi connectivity index (χ0) is 10.5. The Kier molecular flexibility index (Phi) is 1.95. The Balaban J connectivity index is 2.54. The van der Waals surface area contributed by atoms with E-state index in [1.165, 1.54) is 17.5 Å². The molecule has 0 bridgehead atoms. The number of rotatable bonds is 1. The Morgan fingerprint density at radius 3 is 2.36 bits per heavy atom. The molecule has 0 aromatic carbocycles. The summed E-state index contributed by atoms with van der Waals surface area (Å²) >= 11 is 0. The van der Waals surface area contributed by atoms with E-state index in [2.05, 4.69) is 5.10 Å². The zero-order valence-electron chi connectivity index (χ0n) is 9.26. The first-order chi connectivity index (χ1) is 6.41. The highest BCUT2D eigenvalue weighted by Gasteiger charge is 2.35. The van der Waals surface area contributed by atoms with Crippen molar-refractivity contribution in [3.63, 3.8) is 0 Å². The Bertz CT molecular complexity index is 356. The van der Waals surface area contributed by atoms with Crippen molar-refractivity contribution in [2.75, 3.05) is 0 Å². The number of hydrogen-bond donors (Lipinski definition) is 0. The van der Waals surface area contributed by atoms with Crippen LogP contribution in [0.15, 0.2) is 0 Å². The van der Waals surface area contributed by atoms with Crippen molar-refractivity contribution < 1.29 is 4.39 Å². The maximum atomic E-state index is 13.8. The first-order valence-corrected chi connectivity index (χ1v) is 5.14. The van der Waals surface area contributed by atoms with Gasteiger partial charge in [0.25, 0.3) is 0 Å². The first-order valence-electron chi connectivity index (χ1n) is 5.14. The fraction of sp³-hybridized carbons (Fsp3) is 0.727. The van der Waals surface area contributed by atoms with Crippen LogP contribution in [0, 0.1) is 5.95 Å². The molecule has 14 heavy (non-hydrogen) atoms. The average Bonchev–Trinajstić information content (AvgIpc) is 2.78. The zero-order valence-corrected chi connectivity index (χ0v) is 9.26. The van der Waals surface area contributed by atoms with Gasteiger partial charge in [0.1, 0.15) is 0 Å². The number of nitrogens with zero attached hydrogens (tertiary/aromatic N) is 2. The minimum Gasteiger partial charge on any atom is -0.242 e. The predicted molar refractivity (Wildman–Crippen MR) is 53.8 cm³/mol. The van der Waals surface area contributed by atoms with Gasteiger partial charge in [-0.1, -0.05) is 20.8 Å². The molecule has 78 valence electrons. The largest absolute Gasteiger partial charge is 0.242 e. The summed E-state index contributed by atoms with van der Waals surface area (Å²) in [4.78, 5) is 0. The molecule has 0 saturated heterocycles. The van der Waals surface area contributed by atoms with E-state index in [1.807, 2.05) is 20.8 Å². The molecule has 1 aliphatic rings. The molecule has 1 aromatic rings. The van der Waals surface area contributed by atoms with Crippen molar-refractivity contribution in [1.82, 2.24) is 9.78 Å². The lowest BCUT2D eigenvalue weighted by Crippen LogP contribution is -2.15. The lowest BCUT2D eigenvalue weighted by Gasteiger charge is -2.18. The van der Waals surface area contributed by atoms with Crippen LogP contribution in [-0.4, -0.2) is 9.78 Å². The van der Waals surface area contributed by atoms with Crippen LogP contribution < -0.4 is 0 Å². The van der Waals surface area contributed by atoms with E-state index in [0.29, 0.717) is 5.92 Å². The van der Waals surface area contributed by atoms with Crippen LogP contribution in [0.25, 0.3) is 0 Å². The highest BCUT2D eigenvalue weighted by Crippen LogP contribution is 2.44. The van der Waals surface area contributed by atoms with Gasteiger partial charge in [-0.25, -0.2) is 4.68 Å². The fourth-order valence-electron chi connectivity index (χ4n) is 1.86. The highest BCUT2D eigenvalue weighted by atomic mass is 19.1. The van der Waals surface area contributed by atoms with E-state index in [1.54, 1.807) is 7.05 Å². The topological polar surface area (TPSA) is 17.8 Å². The molecular formula is C11H17FN2. The maximum absolute atomic E-state index is 13.8. The molecule has 0 radical (unpaired) electrons. The third kappa shape index (κ3) is 1.45. The summed E-state index contributed by atoms with van der Waals surface area (Å²) in [5.74, 6) is 0.347. The second-order valence-corrected chi connectivity index (χ2v) is 5.20. The van der Waals surface area contributed by atoms with E-state index < -0.39 is 0 Å². The van der Waals surface area contributed by atoms with Crippen LogP contribution in [0.1, 0.15) is 50.8 Å². The van der Waals surface area contributed by atoms with Gasteiger partial charge >= 0.3 is 0 Å². The van der Waals surface area contributed by atoms with E-state index >= 15 is 0 Å². The van der Waals surface area contributed by atoms with Crippen molar-refractivity contribution in [3.8, 4) is 0 Å². The van der Waals surface area contributed by atoms with Crippen LogP contribution in [0.3, 0.4) is 0 Å².